The number of anilines is 1. The smallest absolute Gasteiger partial charge is 0.263 e. The minimum atomic E-state index is -3.67. The average Bonchev–Trinajstić information content (AvgIpc) is 2.34. The van der Waals surface area contributed by atoms with Gasteiger partial charge in [-0.15, -0.1) is 0 Å². The van der Waals surface area contributed by atoms with Crippen molar-refractivity contribution in [2.75, 3.05) is 4.72 Å². The fourth-order valence-corrected chi connectivity index (χ4v) is 3.40. The van der Waals surface area contributed by atoms with Crippen molar-refractivity contribution in [3.8, 4) is 0 Å². The molecule has 1 aromatic heterocycles. The van der Waals surface area contributed by atoms with Crippen LogP contribution in [0.1, 0.15) is 0 Å². The van der Waals surface area contributed by atoms with Crippen molar-refractivity contribution in [1.82, 2.24) is 4.98 Å². The van der Waals surface area contributed by atoms with Crippen LogP contribution in [0.4, 0.5) is 5.69 Å². The standard InChI is InChI=1S/C11H7BrClIN2O2S/c12-9-3-1-7(14)5-10(9)16-19(17,18)8-2-4-11(13)15-6-8/h1-6,16H. The molecule has 0 saturated carbocycles. The minimum Gasteiger partial charge on any atom is -0.278 e. The highest BCUT2D eigenvalue weighted by Gasteiger charge is 2.16. The third-order valence-corrected chi connectivity index (χ3v) is 5.12. The zero-order chi connectivity index (χ0) is 14.0. The predicted octanol–water partition coefficient (Wildman–Crippen LogP) is 3.90. The summed E-state index contributed by atoms with van der Waals surface area (Å²) < 4.78 is 28.4. The van der Waals surface area contributed by atoms with Crippen LogP contribution in [0.25, 0.3) is 0 Å². The summed E-state index contributed by atoms with van der Waals surface area (Å²) in [5, 5.41) is 0.245. The molecule has 0 aliphatic rings. The van der Waals surface area contributed by atoms with Crippen LogP contribution < -0.4 is 4.72 Å². The lowest BCUT2D eigenvalue weighted by Gasteiger charge is -2.10. The first-order valence-corrected chi connectivity index (χ1v) is 8.71. The van der Waals surface area contributed by atoms with E-state index in [1.165, 1.54) is 18.3 Å². The van der Waals surface area contributed by atoms with Gasteiger partial charge in [-0.05, 0) is 68.9 Å². The molecule has 0 bridgehead atoms. The molecule has 0 amide bonds. The first-order chi connectivity index (χ1) is 8.88. The van der Waals surface area contributed by atoms with Crippen LogP contribution in [-0.4, -0.2) is 13.4 Å². The second kappa shape index (κ2) is 5.94. The Hall–Kier alpha value is -0.380. The van der Waals surface area contributed by atoms with Gasteiger partial charge in [-0.3, -0.25) is 4.72 Å². The second-order valence-corrected chi connectivity index (χ2v) is 7.72. The Labute approximate surface area is 137 Å². The summed E-state index contributed by atoms with van der Waals surface area (Å²) in [5.41, 5.74) is 0.474. The summed E-state index contributed by atoms with van der Waals surface area (Å²) in [5.74, 6) is 0. The lowest BCUT2D eigenvalue weighted by atomic mass is 10.3. The number of aromatic nitrogens is 1. The van der Waals surface area contributed by atoms with Crippen LogP contribution in [0.3, 0.4) is 0 Å². The first-order valence-electron chi connectivity index (χ1n) is 4.98. The monoisotopic (exact) mass is 472 g/mol. The van der Waals surface area contributed by atoms with Crippen molar-refractivity contribution in [2.24, 2.45) is 0 Å². The lowest BCUT2D eigenvalue weighted by molar-refractivity contribution is 0.601. The highest BCUT2D eigenvalue weighted by molar-refractivity contribution is 14.1. The maximum atomic E-state index is 12.2. The zero-order valence-electron chi connectivity index (χ0n) is 9.27. The van der Waals surface area contributed by atoms with Crippen LogP contribution in [-0.2, 0) is 10.0 Å². The number of nitrogens with zero attached hydrogens (tertiary/aromatic N) is 1. The van der Waals surface area contributed by atoms with Crippen molar-refractivity contribution in [1.29, 1.82) is 0 Å². The SMILES string of the molecule is O=S(=O)(Nc1cc(I)ccc1Br)c1ccc(Cl)nc1. The molecular formula is C11H7BrClIN2O2S. The summed E-state index contributed by atoms with van der Waals surface area (Å²) in [6.07, 6.45) is 1.21. The van der Waals surface area contributed by atoms with Crippen molar-refractivity contribution < 1.29 is 8.42 Å². The molecule has 1 heterocycles. The van der Waals surface area contributed by atoms with Crippen molar-refractivity contribution in [2.45, 2.75) is 4.90 Å². The van der Waals surface area contributed by atoms with Crippen molar-refractivity contribution >= 4 is 65.8 Å². The van der Waals surface area contributed by atoms with E-state index in [0.29, 0.717) is 10.2 Å². The summed E-state index contributed by atoms with van der Waals surface area (Å²) in [7, 11) is -3.67. The van der Waals surface area contributed by atoms with E-state index in [4.69, 9.17) is 11.6 Å². The van der Waals surface area contributed by atoms with E-state index in [-0.39, 0.29) is 10.0 Å². The van der Waals surface area contributed by atoms with Gasteiger partial charge in [0, 0.05) is 14.2 Å². The molecule has 1 N–H and O–H groups in total. The Morgan fingerprint density at radius 3 is 2.63 bits per heavy atom. The quantitative estimate of drug-likeness (QED) is 0.544. The largest absolute Gasteiger partial charge is 0.278 e. The van der Waals surface area contributed by atoms with Gasteiger partial charge in [-0.25, -0.2) is 13.4 Å². The van der Waals surface area contributed by atoms with Gasteiger partial charge in [0.2, 0.25) is 0 Å². The van der Waals surface area contributed by atoms with Gasteiger partial charge in [0.25, 0.3) is 10.0 Å². The molecule has 0 aliphatic carbocycles. The minimum absolute atomic E-state index is 0.0580. The number of pyridine rings is 1. The normalized spacial score (nSPS) is 11.3. The summed E-state index contributed by atoms with van der Waals surface area (Å²) >= 11 is 11.0. The van der Waals surface area contributed by atoms with E-state index in [2.05, 4.69) is 48.2 Å². The van der Waals surface area contributed by atoms with Gasteiger partial charge < -0.3 is 0 Å². The van der Waals surface area contributed by atoms with Gasteiger partial charge in [0.15, 0.2) is 0 Å². The first kappa shape index (κ1) is 15.0. The molecule has 100 valence electrons. The Morgan fingerprint density at radius 1 is 1.26 bits per heavy atom. The Morgan fingerprint density at radius 2 is 2.00 bits per heavy atom. The van der Waals surface area contributed by atoms with E-state index in [1.807, 2.05) is 6.07 Å². The summed E-state index contributed by atoms with van der Waals surface area (Å²) in [6, 6.07) is 8.21. The molecule has 8 heteroatoms. The fraction of sp³-hybridized carbons (Fsp3) is 0. The van der Waals surface area contributed by atoms with Gasteiger partial charge in [0.05, 0.1) is 5.69 Å². The average molecular weight is 474 g/mol. The molecule has 4 nitrogen and oxygen atoms in total. The molecule has 2 rings (SSSR count). The van der Waals surface area contributed by atoms with E-state index in [0.717, 1.165) is 3.57 Å². The van der Waals surface area contributed by atoms with Gasteiger partial charge in [-0.2, -0.15) is 0 Å². The van der Waals surface area contributed by atoms with E-state index in [9.17, 15) is 8.42 Å². The number of sulfonamides is 1. The second-order valence-electron chi connectivity index (χ2n) is 3.55. The highest BCUT2D eigenvalue weighted by atomic mass is 127. The Kier molecular flexibility index (Phi) is 4.70. The van der Waals surface area contributed by atoms with Crippen LogP contribution in [0.2, 0.25) is 5.15 Å². The molecule has 0 saturated heterocycles. The molecule has 0 aliphatic heterocycles. The van der Waals surface area contributed by atoms with Gasteiger partial charge >= 0.3 is 0 Å². The molecular weight excluding hydrogens is 466 g/mol. The predicted molar refractivity (Wildman–Crippen MR) is 86.9 cm³/mol. The van der Waals surface area contributed by atoms with E-state index < -0.39 is 10.0 Å². The number of nitrogens with one attached hydrogen (secondary N) is 1. The third kappa shape index (κ3) is 3.80. The van der Waals surface area contributed by atoms with Crippen LogP contribution in [0, 0.1) is 3.57 Å². The molecule has 0 fully saturated rings. The lowest BCUT2D eigenvalue weighted by Crippen LogP contribution is -2.13. The van der Waals surface area contributed by atoms with Crippen molar-refractivity contribution in [3.63, 3.8) is 0 Å². The number of halogens is 3. The number of rotatable bonds is 3. The topological polar surface area (TPSA) is 59.1 Å². The van der Waals surface area contributed by atoms with Crippen LogP contribution in [0.5, 0.6) is 0 Å². The van der Waals surface area contributed by atoms with E-state index >= 15 is 0 Å². The molecule has 2 aromatic rings. The summed E-state index contributed by atoms with van der Waals surface area (Å²) in [6.45, 7) is 0. The number of benzene rings is 1. The molecule has 0 atom stereocenters. The fourth-order valence-electron chi connectivity index (χ4n) is 1.30. The van der Waals surface area contributed by atoms with Crippen LogP contribution >= 0.6 is 50.1 Å². The van der Waals surface area contributed by atoms with E-state index in [1.54, 1.807) is 12.1 Å². The van der Waals surface area contributed by atoms with Crippen molar-refractivity contribution in [3.05, 3.63) is 49.7 Å². The van der Waals surface area contributed by atoms with Gasteiger partial charge in [-0.1, -0.05) is 11.6 Å². The number of hydrogen-bond donors (Lipinski definition) is 1. The summed E-state index contributed by atoms with van der Waals surface area (Å²) in [4.78, 5) is 3.82. The Bertz CT molecular complexity index is 707. The zero-order valence-corrected chi connectivity index (χ0v) is 14.6. The maximum absolute atomic E-state index is 12.2. The van der Waals surface area contributed by atoms with Gasteiger partial charge in [0.1, 0.15) is 10.0 Å². The molecule has 1 aromatic carbocycles. The molecule has 0 radical (unpaired) electrons. The molecule has 19 heavy (non-hydrogen) atoms. The Balaban J connectivity index is 2.36. The molecule has 0 unspecified atom stereocenters. The third-order valence-electron chi connectivity index (χ3n) is 2.18. The number of hydrogen-bond acceptors (Lipinski definition) is 3. The highest BCUT2D eigenvalue weighted by Crippen LogP contribution is 2.26. The molecule has 0 spiro atoms. The van der Waals surface area contributed by atoms with Crippen LogP contribution in [0.15, 0.2) is 45.9 Å². The maximum Gasteiger partial charge on any atom is 0.263 e.